The lowest BCUT2D eigenvalue weighted by molar-refractivity contribution is -0.136. The van der Waals surface area contributed by atoms with Gasteiger partial charge in [0.2, 0.25) is 5.91 Å². The lowest BCUT2D eigenvalue weighted by Gasteiger charge is -2.13. The smallest absolute Gasteiger partial charge is 0.355 e. The summed E-state index contributed by atoms with van der Waals surface area (Å²) in [4.78, 5) is 20.9. The molecule has 1 aromatic heterocycles. The van der Waals surface area contributed by atoms with Crippen molar-refractivity contribution in [2.24, 2.45) is 5.92 Å². The fourth-order valence-corrected chi connectivity index (χ4v) is 3.71. The van der Waals surface area contributed by atoms with E-state index in [-0.39, 0.29) is 28.4 Å². The minimum atomic E-state index is -4.54. The summed E-state index contributed by atoms with van der Waals surface area (Å²) in [6, 6.07) is 12.7. The molecule has 158 valence electrons. The molecule has 3 aromatic rings. The minimum Gasteiger partial charge on any atom is -0.355 e. The molecular weight excluding hydrogens is 411 g/mol. The number of nitrogens with one attached hydrogen (secondary N) is 1. The van der Waals surface area contributed by atoms with Crippen molar-refractivity contribution < 1.29 is 18.0 Å². The Bertz CT molecular complexity index is 1020. The molecule has 30 heavy (non-hydrogen) atoms. The second-order valence-corrected chi connectivity index (χ2v) is 8.20. The highest BCUT2D eigenvalue weighted by atomic mass is 32.2. The number of benzene rings is 2. The summed E-state index contributed by atoms with van der Waals surface area (Å²) in [5.74, 6) is 0.551. The van der Waals surface area contributed by atoms with E-state index in [1.54, 1.807) is 30.3 Å². The average molecular weight is 433 g/mol. The molecule has 0 aliphatic heterocycles. The van der Waals surface area contributed by atoms with E-state index in [0.717, 1.165) is 24.2 Å². The van der Waals surface area contributed by atoms with Gasteiger partial charge in [-0.25, -0.2) is 9.97 Å². The lowest BCUT2D eigenvalue weighted by Crippen LogP contribution is -2.26. The van der Waals surface area contributed by atoms with Crippen LogP contribution in [-0.4, -0.2) is 28.2 Å². The molecular formula is C22H22F3N3OS. The molecule has 0 unspecified atom stereocenters. The van der Waals surface area contributed by atoms with Crippen molar-refractivity contribution in [2.75, 3.05) is 12.3 Å². The van der Waals surface area contributed by atoms with Gasteiger partial charge >= 0.3 is 6.18 Å². The number of para-hydroxylation sites is 1. The highest BCUT2D eigenvalue weighted by Gasteiger charge is 2.34. The predicted molar refractivity (Wildman–Crippen MR) is 113 cm³/mol. The van der Waals surface area contributed by atoms with E-state index >= 15 is 0 Å². The van der Waals surface area contributed by atoms with Crippen molar-refractivity contribution in [3.05, 3.63) is 54.1 Å². The van der Waals surface area contributed by atoms with Crippen LogP contribution < -0.4 is 5.32 Å². The number of amides is 1. The van der Waals surface area contributed by atoms with Crippen molar-refractivity contribution in [3.63, 3.8) is 0 Å². The Morgan fingerprint density at radius 2 is 1.80 bits per heavy atom. The number of fused-ring (bicyclic) bond motifs is 1. The maximum atomic E-state index is 13.6. The maximum Gasteiger partial charge on any atom is 0.418 e. The Morgan fingerprint density at radius 3 is 2.47 bits per heavy atom. The molecule has 8 heteroatoms. The van der Waals surface area contributed by atoms with Crippen LogP contribution >= 0.6 is 11.8 Å². The molecule has 4 nitrogen and oxygen atoms in total. The molecule has 1 amide bonds. The van der Waals surface area contributed by atoms with E-state index < -0.39 is 11.7 Å². The lowest BCUT2D eigenvalue weighted by atomic mass is 10.1. The Hall–Kier alpha value is -2.61. The van der Waals surface area contributed by atoms with Crippen LogP contribution in [0.2, 0.25) is 0 Å². The zero-order chi connectivity index (χ0) is 21.7. The van der Waals surface area contributed by atoms with Crippen LogP contribution in [0.4, 0.5) is 13.2 Å². The summed E-state index contributed by atoms with van der Waals surface area (Å²) in [5.41, 5.74) is -0.371. The van der Waals surface area contributed by atoms with Gasteiger partial charge in [-0.05, 0) is 18.4 Å². The van der Waals surface area contributed by atoms with Gasteiger partial charge in [0, 0.05) is 17.5 Å². The molecule has 0 atom stereocenters. The van der Waals surface area contributed by atoms with E-state index in [1.165, 1.54) is 6.07 Å². The molecule has 0 radical (unpaired) electrons. The van der Waals surface area contributed by atoms with Gasteiger partial charge in [0.1, 0.15) is 5.03 Å². The number of alkyl halides is 3. The highest BCUT2D eigenvalue weighted by molar-refractivity contribution is 8.00. The van der Waals surface area contributed by atoms with Crippen molar-refractivity contribution in [3.8, 4) is 11.4 Å². The van der Waals surface area contributed by atoms with Crippen LogP contribution in [0, 0.1) is 5.92 Å². The van der Waals surface area contributed by atoms with Crippen molar-refractivity contribution >= 4 is 28.6 Å². The molecule has 0 bridgehead atoms. The first-order chi connectivity index (χ1) is 14.3. The second kappa shape index (κ2) is 9.47. The van der Waals surface area contributed by atoms with Gasteiger partial charge in [0.05, 0.1) is 16.8 Å². The summed E-state index contributed by atoms with van der Waals surface area (Å²) in [6.45, 7) is 4.70. The van der Waals surface area contributed by atoms with Gasteiger partial charge in [0.25, 0.3) is 0 Å². The number of halogens is 3. The van der Waals surface area contributed by atoms with E-state index in [0.29, 0.717) is 23.1 Å². The molecule has 0 fully saturated rings. The molecule has 0 saturated heterocycles. The second-order valence-electron chi connectivity index (χ2n) is 7.24. The highest BCUT2D eigenvalue weighted by Crippen LogP contribution is 2.37. The number of hydrogen-bond acceptors (Lipinski definition) is 4. The molecule has 0 spiro atoms. The van der Waals surface area contributed by atoms with Crippen LogP contribution in [0.1, 0.15) is 25.8 Å². The Kier molecular flexibility index (Phi) is 6.97. The fraction of sp³-hybridized carbons (Fsp3) is 0.318. The van der Waals surface area contributed by atoms with E-state index in [9.17, 15) is 18.0 Å². The monoisotopic (exact) mass is 433 g/mol. The molecule has 0 aliphatic rings. The van der Waals surface area contributed by atoms with E-state index in [1.807, 2.05) is 6.07 Å². The molecule has 1 heterocycles. The first kappa shape index (κ1) is 22.1. The predicted octanol–water partition coefficient (Wildman–Crippen LogP) is 5.57. The van der Waals surface area contributed by atoms with E-state index in [2.05, 4.69) is 29.1 Å². The molecule has 0 saturated carbocycles. The van der Waals surface area contributed by atoms with Crippen LogP contribution in [-0.2, 0) is 11.0 Å². The average Bonchev–Trinajstić information content (AvgIpc) is 2.71. The summed E-state index contributed by atoms with van der Waals surface area (Å²) >= 11 is 1.11. The number of carbonyl (C=O) groups excluding carboxylic acids is 1. The number of aromatic nitrogens is 2. The zero-order valence-electron chi connectivity index (χ0n) is 16.7. The third kappa shape index (κ3) is 5.50. The SMILES string of the molecule is CC(C)CCNC(=O)CSc1nc(-c2ccccc2)nc2c(C(F)(F)F)cccc12. The Balaban J connectivity index is 1.97. The van der Waals surface area contributed by atoms with Crippen LogP contribution in [0.15, 0.2) is 53.6 Å². The van der Waals surface area contributed by atoms with Crippen molar-refractivity contribution in [1.29, 1.82) is 0 Å². The quantitative estimate of drug-likeness (QED) is 0.391. The standard InChI is InChI=1S/C22H22F3N3OS/c1-14(2)11-12-26-18(29)13-30-21-16-9-6-10-17(22(23,24)25)19(16)27-20(28-21)15-7-4-3-5-8-15/h3-10,14H,11-13H2,1-2H3,(H,26,29). The Morgan fingerprint density at radius 1 is 1.07 bits per heavy atom. The topological polar surface area (TPSA) is 54.9 Å². The molecule has 0 aliphatic carbocycles. The largest absolute Gasteiger partial charge is 0.418 e. The summed E-state index contributed by atoms with van der Waals surface area (Å²) in [5, 5.41) is 3.46. The number of hydrogen-bond donors (Lipinski definition) is 1. The van der Waals surface area contributed by atoms with Gasteiger partial charge in [-0.15, -0.1) is 0 Å². The fourth-order valence-electron chi connectivity index (χ4n) is 2.86. The minimum absolute atomic E-state index is 0.0642. The maximum absolute atomic E-state index is 13.6. The summed E-state index contributed by atoms with van der Waals surface area (Å²) in [6.07, 6.45) is -3.68. The number of nitrogens with zero attached hydrogens (tertiary/aromatic N) is 2. The first-order valence-corrected chi connectivity index (χ1v) is 10.6. The summed E-state index contributed by atoms with van der Waals surface area (Å²) in [7, 11) is 0. The number of rotatable bonds is 7. The third-order valence-electron chi connectivity index (χ3n) is 4.41. The number of carbonyl (C=O) groups is 1. The normalized spacial score (nSPS) is 11.8. The van der Waals surface area contributed by atoms with E-state index in [4.69, 9.17) is 0 Å². The van der Waals surface area contributed by atoms with Gasteiger partial charge in [-0.3, -0.25) is 4.79 Å². The third-order valence-corrected chi connectivity index (χ3v) is 5.40. The van der Waals surface area contributed by atoms with Gasteiger partial charge < -0.3 is 5.32 Å². The van der Waals surface area contributed by atoms with Crippen molar-refractivity contribution in [2.45, 2.75) is 31.5 Å². The van der Waals surface area contributed by atoms with Crippen molar-refractivity contribution in [1.82, 2.24) is 15.3 Å². The molecule has 2 aromatic carbocycles. The number of thioether (sulfide) groups is 1. The first-order valence-electron chi connectivity index (χ1n) is 9.58. The van der Waals surface area contributed by atoms with Crippen LogP contribution in [0.5, 0.6) is 0 Å². The Labute approximate surface area is 177 Å². The zero-order valence-corrected chi connectivity index (χ0v) is 17.5. The molecule has 3 rings (SSSR count). The van der Waals surface area contributed by atoms with Crippen LogP contribution in [0.25, 0.3) is 22.3 Å². The molecule has 1 N–H and O–H groups in total. The summed E-state index contributed by atoms with van der Waals surface area (Å²) < 4.78 is 40.7. The van der Waals surface area contributed by atoms with Crippen LogP contribution in [0.3, 0.4) is 0 Å². The van der Waals surface area contributed by atoms with Gasteiger partial charge in [-0.1, -0.05) is 68.1 Å². The van der Waals surface area contributed by atoms with Gasteiger partial charge in [0.15, 0.2) is 5.82 Å². The van der Waals surface area contributed by atoms with Gasteiger partial charge in [-0.2, -0.15) is 13.2 Å².